The number of rotatable bonds is 0. The van der Waals surface area contributed by atoms with Crippen molar-refractivity contribution in [3.63, 3.8) is 0 Å². The van der Waals surface area contributed by atoms with Gasteiger partial charge in [0.2, 0.25) is 0 Å². The van der Waals surface area contributed by atoms with Gasteiger partial charge in [0.1, 0.15) is 0 Å². The number of fused-ring (bicyclic) bond motifs is 1. The number of hydrogen-bond donors (Lipinski definition) is 3. The first kappa shape index (κ1) is 8.38. The summed E-state index contributed by atoms with van der Waals surface area (Å²) >= 11 is 0. The summed E-state index contributed by atoms with van der Waals surface area (Å²) < 4.78 is 0. The molecule has 13 heavy (non-hydrogen) atoms. The van der Waals surface area contributed by atoms with Crippen molar-refractivity contribution in [2.24, 2.45) is 5.73 Å². The Kier molecular flexibility index (Phi) is 1.88. The van der Waals surface area contributed by atoms with Crippen molar-refractivity contribution in [3.05, 3.63) is 23.3 Å². The molecule has 0 radical (unpaired) electrons. The third-order valence-electron chi connectivity index (χ3n) is 2.61. The van der Waals surface area contributed by atoms with Gasteiger partial charge in [-0.3, -0.25) is 0 Å². The number of hydrogen-bond acceptors (Lipinski definition) is 3. The molecular weight excluding hydrogens is 166 g/mol. The van der Waals surface area contributed by atoms with Crippen molar-refractivity contribution in [2.45, 2.75) is 25.3 Å². The smallest absolute Gasteiger partial charge is 0.161 e. The van der Waals surface area contributed by atoms with Crippen LogP contribution in [0.5, 0.6) is 11.5 Å². The fraction of sp³-hybridized carbons (Fsp3) is 0.400. The summed E-state index contributed by atoms with van der Waals surface area (Å²) in [6.45, 7) is 0. The topological polar surface area (TPSA) is 66.5 Å². The first-order valence-corrected chi connectivity index (χ1v) is 4.46. The lowest BCUT2D eigenvalue weighted by atomic mass is 9.88. The number of nitrogens with two attached hydrogens (primary N) is 1. The third-order valence-corrected chi connectivity index (χ3v) is 2.61. The van der Waals surface area contributed by atoms with Crippen molar-refractivity contribution < 1.29 is 10.2 Å². The molecule has 0 spiro atoms. The number of aromatic hydroxyl groups is 2. The molecule has 0 aliphatic heterocycles. The maximum absolute atomic E-state index is 9.56. The predicted octanol–water partition coefficient (Wildman–Crippen LogP) is 0.914. The van der Waals surface area contributed by atoms with Crippen LogP contribution in [0.1, 0.15) is 17.5 Å². The van der Waals surface area contributed by atoms with Crippen LogP contribution >= 0.6 is 0 Å². The largest absolute Gasteiger partial charge is 0.504 e. The maximum Gasteiger partial charge on any atom is 0.161 e. The average Bonchev–Trinajstić information content (AvgIpc) is 2.12. The number of phenols is 2. The van der Waals surface area contributed by atoms with Gasteiger partial charge in [-0.05, 0) is 30.9 Å². The normalized spacial score (nSPS) is 21.2. The molecule has 1 aliphatic carbocycles. The molecule has 1 aliphatic rings. The average molecular weight is 179 g/mol. The molecular formula is C10H13NO2. The highest BCUT2D eigenvalue weighted by atomic mass is 16.3. The zero-order valence-electron chi connectivity index (χ0n) is 7.33. The summed E-state index contributed by atoms with van der Waals surface area (Å²) in [6.07, 6.45) is 2.51. The molecule has 0 saturated carbocycles. The molecule has 1 atom stereocenters. The van der Waals surface area contributed by atoms with Gasteiger partial charge in [-0.2, -0.15) is 0 Å². The first-order valence-electron chi connectivity index (χ1n) is 4.46. The van der Waals surface area contributed by atoms with E-state index in [2.05, 4.69) is 0 Å². The lowest BCUT2D eigenvalue weighted by molar-refractivity contribution is 0.393. The lowest BCUT2D eigenvalue weighted by Crippen LogP contribution is -2.27. The Hall–Kier alpha value is -1.22. The van der Waals surface area contributed by atoms with E-state index < -0.39 is 0 Å². The standard InChI is InChI=1S/C10H13NO2/c11-7-3-1-6-2-4-9(12)10(13)8(6)5-7/h2,4,7,12-13H,1,3,5,11H2/t7-/m1/s1. The molecule has 0 saturated heterocycles. The van der Waals surface area contributed by atoms with Crippen LogP contribution in [0.4, 0.5) is 0 Å². The van der Waals surface area contributed by atoms with Gasteiger partial charge >= 0.3 is 0 Å². The van der Waals surface area contributed by atoms with Crippen LogP contribution in [0.25, 0.3) is 0 Å². The molecule has 0 bridgehead atoms. The fourth-order valence-electron chi connectivity index (χ4n) is 1.83. The van der Waals surface area contributed by atoms with Crippen LogP contribution in [0.2, 0.25) is 0 Å². The molecule has 0 fully saturated rings. The van der Waals surface area contributed by atoms with E-state index in [-0.39, 0.29) is 17.5 Å². The molecule has 1 aromatic carbocycles. The van der Waals surface area contributed by atoms with Crippen LogP contribution in [-0.2, 0) is 12.8 Å². The Labute approximate surface area is 76.8 Å². The Bertz CT molecular complexity index is 336. The van der Waals surface area contributed by atoms with Crippen LogP contribution < -0.4 is 5.73 Å². The number of aryl methyl sites for hydroxylation is 1. The molecule has 2 rings (SSSR count). The van der Waals surface area contributed by atoms with E-state index in [1.165, 1.54) is 6.07 Å². The van der Waals surface area contributed by atoms with E-state index in [9.17, 15) is 10.2 Å². The number of benzene rings is 1. The Morgan fingerprint density at radius 2 is 2.08 bits per heavy atom. The predicted molar refractivity (Wildman–Crippen MR) is 49.8 cm³/mol. The third kappa shape index (κ3) is 1.35. The molecule has 3 heteroatoms. The molecule has 4 N–H and O–H groups in total. The zero-order chi connectivity index (χ0) is 9.42. The van der Waals surface area contributed by atoms with Crippen molar-refractivity contribution in [1.29, 1.82) is 0 Å². The molecule has 0 aromatic heterocycles. The van der Waals surface area contributed by atoms with Crippen molar-refractivity contribution >= 4 is 0 Å². The second-order valence-electron chi connectivity index (χ2n) is 3.57. The van der Waals surface area contributed by atoms with Gasteiger partial charge in [-0.25, -0.2) is 0 Å². The number of phenolic OH excluding ortho intramolecular Hbond substituents is 2. The maximum atomic E-state index is 9.56. The highest BCUT2D eigenvalue weighted by molar-refractivity contribution is 5.50. The quantitative estimate of drug-likeness (QED) is 0.519. The van der Waals surface area contributed by atoms with E-state index in [1.54, 1.807) is 0 Å². The van der Waals surface area contributed by atoms with Crippen LogP contribution in [-0.4, -0.2) is 16.3 Å². The molecule has 0 unspecified atom stereocenters. The van der Waals surface area contributed by atoms with Crippen molar-refractivity contribution in [1.82, 2.24) is 0 Å². The highest BCUT2D eigenvalue weighted by Gasteiger charge is 2.19. The second-order valence-corrected chi connectivity index (χ2v) is 3.57. The van der Waals surface area contributed by atoms with E-state index in [0.29, 0.717) is 6.42 Å². The van der Waals surface area contributed by atoms with Crippen LogP contribution in [0, 0.1) is 0 Å². The minimum absolute atomic E-state index is 0.00708. The van der Waals surface area contributed by atoms with Crippen molar-refractivity contribution in [2.75, 3.05) is 0 Å². The van der Waals surface area contributed by atoms with E-state index in [1.807, 2.05) is 6.07 Å². The second kappa shape index (κ2) is 2.92. The van der Waals surface area contributed by atoms with Crippen molar-refractivity contribution in [3.8, 4) is 11.5 Å². The Morgan fingerprint density at radius 1 is 1.31 bits per heavy atom. The summed E-state index contributed by atoms with van der Waals surface area (Å²) in [4.78, 5) is 0. The van der Waals surface area contributed by atoms with Gasteiger partial charge < -0.3 is 15.9 Å². The minimum atomic E-state index is -0.0483. The van der Waals surface area contributed by atoms with E-state index >= 15 is 0 Å². The molecule has 70 valence electrons. The first-order chi connectivity index (χ1) is 6.18. The monoisotopic (exact) mass is 179 g/mol. The molecule has 1 aromatic rings. The summed E-state index contributed by atoms with van der Waals surface area (Å²) in [5, 5.41) is 18.8. The minimum Gasteiger partial charge on any atom is -0.504 e. The summed E-state index contributed by atoms with van der Waals surface area (Å²) in [7, 11) is 0. The molecule has 0 amide bonds. The van der Waals surface area contributed by atoms with E-state index in [4.69, 9.17) is 5.73 Å². The van der Waals surface area contributed by atoms with Gasteiger partial charge in [-0.1, -0.05) is 6.07 Å². The zero-order valence-corrected chi connectivity index (χ0v) is 7.33. The summed E-state index contributed by atoms with van der Waals surface area (Å²) in [6, 6.07) is 3.50. The summed E-state index contributed by atoms with van der Waals surface area (Å²) in [5.41, 5.74) is 7.70. The van der Waals surface area contributed by atoms with Crippen LogP contribution in [0.3, 0.4) is 0 Å². The van der Waals surface area contributed by atoms with Gasteiger partial charge in [0, 0.05) is 11.6 Å². The Balaban J connectivity index is 2.48. The van der Waals surface area contributed by atoms with Crippen LogP contribution in [0.15, 0.2) is 12.1 Å². The van der Waals surface area contributed by atoms with Gasteiger partial charge in [0.25, 0.3) is 0 Å². The molecule has 0 heterocycles. The summed E-state index contributed by atoms with van der Waals surface area (Å²) in [5.74, 6) is -0.0412. The molecule has 3 nitrogen and oxygen atoms in total. The SMILES string of the molecule is N[C@@H]1CCc2ccc(O)c(O)c2C1. The van der Waals surface area contributed by atoms with Gasteiger partial charge in [-0.15, -0.1) is 0 Å². The van der Waals surface area contributed by atoms with Gasteiger partial charge in [0.15, 0.2) is 11.5 Å². The fourth-order valence-corrected chi connectivity index (χ4v) is 1.83. The highest BCUT2D eigenvalue weighted by Crippen LogP contribution is 2.35. The Morgan fingerprint density at radius 3 is 2.85 bits per heavy atom. The lowest BCUT2D eigenvalue weighted by Gasteiger charge is -2.22. The van der Waals surface area contributed by atoms with E-state index in [0.717, 1.165) is 24.0 Å². The van der Waals surface area contributed by atoms with Gasteiger partial charge in [0.05, 0.1) is 0 Å².